The van der Waals surface area contributed by atoms with Crippen molar-refractivity contribution in [2.24, 2.45) is 0 Å². The van der Waals surface area contributed by atoms with Crippen molar-refractivity contribution in [3.8, 4) is 22.6 Å². The molecule has 0 bridgehead atoms. The third-order valence-corrected chi connectivity index (χ3v) is 14.6. The fourth-order valence-corrected chi connectivity index (χ4v) is 10.6. The van der Waals surface area contributed by atoms with E-state index < -0.39 is 0 Å². The highest BCUT2D eigenvalue weighted by Gasteiger charge is 2.44. The Morgan fingerprint density at radius 3 is 1.60 bits per heavy atom. The molecule has 3 aliphatic rings. The fourth-order valence-electron chi connectivity index (χ4n) is 10.6. The number of hydrogen-bond acceptors (Lipinski definition) is 3. The van der Waals surface area contributed by atoms with E-state index in [2.05, 4.69) is 246 Å². The van der Waals surface area contributed by atoms with E-state index in [0.717, 1.165) is 34.2 Å². The molecule has 3 nitrogen and oxygen atoms in total. The molecule has 0 spiro atoms. The van der Waals surface area contributed by atoms with Gasteiger partial charge in [0.05, 0.1) is 5.69 Å². The van der Waals surface area contributed by atoms with Gasteiger partial charge in [-0.1, -0.05) is 176 Å². The predicted octanol–water partition coefficient (Wildman–Crippen LogP) is 15.1. The van der Waals surface area contributed by atoms with Gasteiger partial charge in [0.2, 0.25) is 0 Å². The summed E-state index contributed by atoms with van der Waals surface area (Å²) in [4.78, 5) is 5.06. The van der Waals surface area contributed by atoms with Gasteiger partial charge in [0.25, 0.3) is 6.71 Å². The largest absolute Gasteiger partial charge is 0.458 e. The van der Waals surface area contributed by atoms with Crippen LogP contribution in [0.4, 0.5) is 34.1 Å². The molecule has 328 valence electrons. The summed E-state index contributed by atoms with van der Waals surface area (Å²) in [5, 5.41) is 0. The molecule has 0 N–H and O–H groups in total. The molecule has 1 aliphatic carbocycles. The van der Waals surface area contributed by atoms with E-state index in [-0.39, 0.29) is 33.8 Å². The fraction of sp³-hybridized carbons (Fsp3) is 0.311. The van der Waals surface area contributed by atoms with E-state index in [9.17, 15) is 0 Å². The molecule has 7 aromatic carbocycles. The van der Waals surface area contributed by atoms with Gasteiger partial charge >= 0.3 is 0 Å². The van der Waals surface area contributed by atoms with Crippen molar-refractivity contribution in [2.75, 3.05) is 9.80 Å². The smallest absolute Gasteiger partial charge is 0.256 e. The van der Waals surface area contributed by atoms with Gasteiger partial charge in [-0.2, -0.15) is 0 Å². The Labute approximate surface area is 389 Å². The van der Waals surface area contributed by atoms with Crippen LogP contribution in [0.15, 0.2) is 140 Å². The minimum Gasteiger partial charge on any atom is -0.458 e. The number of fused-ring (bicyclic) bond motifs is 7. The number of benzene rings is 7. The summed E-state index contributed by atoms with van der Waals surface area (Å²) in [7, 11) is 0. The van der Waals surface area contributed by atoms with Gasteiger partial charge in [-0.25, -0.2) is 0 Å². The van der Waals surface area contributed by atoms with Crippen LogP contribution in [0.25, 0.3) is 11.1 Å². The van der Waals surface area contributed by atoms with E-state index in [1.807, 2.05) is 0 Å². The van der Waals surface area contributed by atoms with Gasteiger partial charge in [0.1, 0.15) is 11.5 Å². The lowest BCUT2D eigenvalue weighted by Gasteiger charge is -2.41. The normalized spacial score (nSPS) is 14.8. The first-order chi connectivity index (χ1) is 30.5. The van der Waals surface area contributed by atoms with E-state index >= 15 is 0 Å². The summed E-state index contributed by atoms with van der Waals surface area (Å²) in [5.41, 5.74) is 21.0. The standard InChI is InChI=1S/C61H65BN2O/c1-57(2,3)38-22-28-42(29-23-38)63(43-30-24-39(25-31-43)58(4,5)6)52-37-44(36-47-55(52)45-18-15-16-19-46(45)61(47,13)14)64-50-32-26-40(59(7,8)9)34-48(50)62-49-35-41(60(10,11)12)27-33-53(49)65-54-21-17-20-51(64)56(54)62/h15-37H,1-14H3. The highest BCUT2D eigenvalue weighted by Crippen LogP contribution is 2.57. The van der Waals surface area contributed by atoms with Crippen molar-refractivity contribution in [1.29, 1.82) is 0 Å². The quantitative estimate of drug-likeness (QED) is 0.164. The summed E-state index contributed by atoms with van der Waals surface area (Å²) in [6.45, 7) is 32.5. The summed E-state index contributed by atoms with van der Waals surface area (Å²) < 4.78 is 6.95. The van der Waals surface area contributed by atoms with E-state index in [0.29, 0.717) is 0 Å². The van der Waals surface area contributed by atoms with Gasteiger partial charge in [0, 0.05) is 39.4 Å². The van der Waals surface area contributed by atoms with E-state index in [1.54, 1.807) is 0 Å². The summed E-state index contributed by atoms with van der Waals surface area (Å²) in [5.74, 6) is 1.87. The summed E-state index contributed by atoms with van der Waals surface area (Å²) in [6.07, 6.45) is 0. The van der Waals surface area contributed by atoms with E-state index in [4.69, 9.17) is 4.74 Å². The highest BCUT2D eigenvalue weighted by molar-refractivity contribution is 6.99. The third-order valence-electron chi connectivity index (χ3n) is 14.6. The second-order valence-corrected chi connectivity index (χ2v) is 23.6. The van der Waals surface area contributed by atoms with E-state index in [1.165, 1.54) is 72.3 Å². The van der Waals surface area contributed by atoms with Crippen LogP contribution >= 0.6 is 0 Å². The maximum Gasteiger partial charge on any atom is 0.256 e. The molecule has 10 rings (SSSR count). The van der Waals surface area contributed by atoms with Crippen molar-refractivity contribution >= 4 is 57.2 Å². The van der Waals surface area contributed by atoms with Crippen LogP contribution in [-0.2, 0) is 27.1 Å². The number of nitrogens with zero attached hydrogens (tertiary/aromatic N) is 2. The summed E-state index contributed by atoms with van der Waals surface area (Å²) in [6, 6.07) is 53.4. The molecule has 0 saturated heterocycles. The second-order valence-electron chi connectivity index (χ2n) is 23.6. The Balaban J connectivity index is 1.28. The SMILES string of the molecule is CC(C)(C)c1ccc(N(c2ccc(C(C)(C)C)cc2)c2cc(N3c4ccc(C(C)(C)C)cc4B4c5cc(C(C)(C)C)ccc5Oc5cccc3c54)cc3c2-c2ccccc2C3(C)C)cc1. The lowest BCUT2D eigenvalue weighted by atomic mass is 9.34. The predicted molar refractivity (Wildman–Crippen MR) is 279 cm³/mol. The Morgan fingerprint density at radius 2 is 1.02 bits per heavy atom. The van der Waals surface area contributed by atoms with Gasteiger partial charge in [-0.3, -0.25) is 0 Å². The molecule has 2 aliphatic heterocycles. The molecule has 0 unspecified atom stereocenters. The van der Waals surface area contributed by atoms with Crippen molar-refractivity contribution < 1.29 is 4.74 Å². The lowest BCUT2D eigenvalue weighted by Crippen LogP contribution is -2.59. The van der Waals surface area contributed by atoms with Crippen molar-refractivity contribution in [3.05, 3.63) is 173 Å². The number of hydrogen-bond donors (Lipinski definition) is 0. The molecule has 0 atom stereocenters. The zero-order valence-corrected chi connectivity index (χ0v) is 41.2. The molecule has 0 saturated carbocycles. The minimum absolute atomic E-state index is 0.00885. The van der Waals surface area contributed by atoms with Gasteiger partial charge in [-0.05, 0) is 138 Å². The van der Waals surface area contributed by atoms with Crippen LogP contribution in [0, 0.1) is 0 Å². The van der Waals surface area contributed by atoms with Crippen LogP contribution in [0.2, 0.25) is 0 Å². The molecule has 7 aromatic rings. The van der Waals surface area contributed by atoms with Crippen LogP contribution in [0.1, 0.15) is 130 Å². The average molecular weight is 853 g/mol. The number of rotatable bonds is 4. The molecular weight excluding hydrogens is 787 g/mol. The van der Waals surface area contributed by atoms with Crippen LogP contribution in [0.5, 0.6) is 11.5 Å². The maximum atomic E-state index is 6.95. The Bertz CT molecular complexity index is 2960. The van der Waals surface area contributed by atoms with Gasteiger partial charge in [0.15, 0.2) is 0 Å². The molecule has 0 fully saturated rings. The molecule has 2 heterocycles. The zero-order chi connectivity index (χ0) is 46.2. The topological polar surface area (TPSA) is 15.7 Å². The van der Waals surface area contributed by atoms with Crippen LogP contribution in [0.3, 0.4) is 0 Å². The molecule has 0 aromatic heterocycles. The van der Waals surface area contributed by atoms with Crippen molar-refractivity contribution in [2.45, 2.75) is 124 Å². The third kappa shape index (κ3) is 7.02. The van der Waals surface area contributed by atoms with Crippen LogP contribution < -0.4 is 30.9 Å². The van der Waals surface area contributed by atoms with Gasteiger partial charge in [-0.15, -0.1) is 0 Å². The Morgan fingerprint density at radius 1 is 0.477 bits per heavy atom. The van der Waals surface area contributed by atoms with Crippen molar-refractivity contribution in [3.63, 3.8) is 0 Å². The molecular formula is C61H65BN2O. The van der Waals surface area contributed by atoms with Crippen LogP contribution in [-0.4, -0.2) is 6.71 Å². The molecule has 0 radical (unpaired) electrons. The molecule has 65 heavy (non-hydrogen) atoms. The number of ether oxygens (including phenoxy) is 1. The first-order valence-electron chi connectivity index (χ1n) is 23.7. The lowest BCUT2D eigenvalue weighted by molar-refractivity contribution is 0.486. The first kappa shape index (κ1) is 42.9. The van der Waals surface area contributed by atoms with Gasteiger partial charge < -0.3 is 14.5 Å². The maximum absolute atomic E-state index is 6.95. The Kier molecular flexibility index (Phi) is 9.58. The highest BCUT2D eigenvalue weighted by atomic mass is 16.5. The summed E-state index contributed by atoms with van der Waals surface area (Å²) >= 11 is 0. The minimum atomic E-state index is -0.257. The Hall–Kier alpha value is -6.00. The molecule has 0 amide bonds. The second kappa shape index (κ2) is 14.5. The zero-order valence-electron chi connectivity index (χ0n) is 41.2. The average Bonchev–Trinajstić information content (AvgIpc) is 3.48. The first-order valence-corrected chi connectivity index (χ1v) is 23.7. The monoisotopic (exact) mass is 853 g/mol. The van der Waals surface area contributed by atoms with Crippen molar-refractivity contribution in [1.82, 2.24) is 0 Å². The molecule has 4 heteroatoms. The number of anilines is 6.